The topological polar surface area (TPSA) is 58.4 Å². The number of aryl methyl sites for hydroxylation is 1. The zero-order valence-corrected chi connectivity index (χ0v) is 14.8. The van der Waals surface area contributed by atoms with Crippen molar-refractivity contribution in [1.29, 1.82) is 0 Å². The lowest BCUT2D eigenvalue weighted by atomic mass is 9.71. The smallest absolute Gasteiger partial charge is 0.265 e. The third kappa shape index (κ3) is 2.67. The Hall–Kier alpha value is -1.66. The van der Waals surface area contributed by atoms with Gasteiger partial charge in [-0.25, -0.2) is 4.98 Å². The molecule has 0 spiro atoms. The summed E-state index contributed by atoms with van der Waals surface area (Å²) in [6.45, 7) is 3.21. The number of hydrogen-bond acceptors (Lipinski definition) is 4. The van der Waals surface area contributed by atoms with Crippen LogP contribution in [-0.4, -0.2) is 44.2 Å². The Morgan fingerprint density at radius 3 is 2.92 bits per heavy atom. The van der Waals surface area contributed by atoms with Gasteiger partial charge in [0.05, 0.1) is 11.3 Å². The van der Waals surface area contributed by atoms with Gasteiger partial charge in [0.2, 0.25) is 0 Å². The highest BCUT2D eigenvalue weighted by molar-refractivity contribution is 7.16. The molecule has 2 aromatic rings. The summed E-state index contributed by atoms with van der Waals surface area (Å²) in [5.41, 5.74) is 0.242. The molecule has 1 saturated heterocycles. The number of nitrogens with zero attached hydrogens (tertiary/aromatic N) is 3. The van der Waals surface area contributed by atoms with Crippen molar-refractivity contribution in [3.8, 4) is 5.13 Å². The minimum atomic E-state index is -0.548. The van der Waals surface area contributed by atoms with Crippen molar-refractivity contribution in [2.45, 2.75) is 44.6 Å². The summed E-state index contributed by atoms with van der Waals surface area (Å²) in [6, 6.07) is 3.90. The molecule has 2 atom stereocenters. The predicted molar refractivity (Wildman–Crippen MR) is 93.6 cm³/mol. The van der Waals surface area contributed by atoms with Gasteiger partial charge in [-0.2, -0.15) is 0 Å². The van der Waals surface area contributed by atoms with Crippen LogP contribution in [0.2, 0.25) is 0 Å². The van der Waals surface area contributed by atoms with Crippen molar-refractivity contribution in [3.05, 3.63) is 35.1 Å². The highest BCUT2D eigenvalue weighted by Gasteiger charge is 2.44. The van der Waals surface area contributed by atoms with Crippen LogP contribution in [0.5, 0.6) is 0 Å². The lowest BCUT2D eigenvalue weighted by molar-refractivity contribution is -0.0885. The molecule has 3 heterocycles. The van der Waals surface area contributed by atoms with Gasteiger partial charge in [0.15, 0.2) is 5.13 Å². The number of aromatic nitrogens is 2. The summed E-state index contributed by atoms with van der Waals surface area (Å²) in [5, 5.41) is 11.6. The molecule has 128 valence electrons. The second-order valence-corrected chi connectivity index (χ2v) is 8.03. The summed E-state index contributed by atoms with van der Waals surface area (Å²) < 4.78 is 1.94. The molecule has 6 heteroatoms. The van der Waals surface area contributed by atoms with Crippen molar-refractivity contribution in [2.75, 3.05) is 13.1 Å². The van der Waals surface area contributed by atoms with Gasteiger partial charge in [0.25, 0.3) is 5.91 Å². The molecule has 24 heavy (non-hydrogen) atoms. The second kappa shape index (κ2) is 6.01. The van der Waals surface area contributed by atoms with Crippen LogP contribution >= 0.6 is 11.3 Å². The van der Waals surface area contributed by atoms with E-state index in [1.54, 1.807) is 0 Å². The van der Waals surface area contributed by atoms with Crippen LogP contribution in [0.15, 0.2) is 24.5 Å². The number of amides is 1. The van der Waals surface area contributed by atoms with Gasteiger partial charge in [0.1, 0.15) is 4.88 Å². The Bertz CT molecular complexity index is 740. The van der Waals surface area contributed by atoms with E-state index in [-0.39, 0.29) is 11.8 Å². The maximum Gasteiger partial charge on any atom is 0.265 e. The van der Waals surface area contributed by atoms with E-state index in [9.17, 15) is 9.90 Å². The number of piperidine rings is 1. The molecule has 0 unspecified atom stereocenters. The van der Waals surface area contributed by atoms with Gasteiger partial charge < -0.3 is 14.6 Å². The maximum absolute atomic E-state index is 13.0. The fourth-order valence-electron chi connectivity index (χ4n) is 4.05. The summed E-state index contributed by atoms with van der Waals surface area (Å²) in [7, 11) is 0. The van der Waals surface area contributed by atoms with Crippen molar-refractivity contribution in [3.63, 3.8) is 0 Å². The van der Waals surface area contributed by atoms with Gasteiger partial charge in [-0.1, -0.05) is 24.2 Å². The van der Waals surface area contributed by atoms with Gasteiger partial charge in [-0.15, -0.1) is 0 Å². The monoisotopic (exact) mass is 345 g/mol. The van der Waals surface area contributed by atoms with Gasteiger partial charge in [-0.3, -0.25) is 4.79 Å². The van der Waals surface area contributed by atoms with Crippen molar-refractivity contribution >= 4 is 17.2 Å². The molecule has 1 amide bonds. The first kappa shape index (κ1) is 15.8. The number of hydrogen-bond donors (Lipinski definition) is 1. The SMILES string of the molecule is Cc1nc(-n2cccc2)sc1C(=O)N1CC[C@@]2(O)CCCC[C@@H]2C1. The number of thiazole rings is 1. The lowest BCUT2D eigenvalue weighted by Gasteiger charge is -2.47. The average molecular weight is 345 g/mol. The van der Waals surface area contributed by atoms with E-state index < -0.39 is 5.60 Å². The Labute approximate surface area is 145 Å². The molecule has 0 radical (unpaired) electrons. The summed E-state index contributed by atoms with van der Waals surface area (Å²) in [4.78, 5) is 20.2. The van der Waals surface area contributed by atoms with Crippen LogP contribution in [0.1, 0.15) is 47.5 Å². The fourth-order valence-corrected chi connectivity index (χ4v) is 5.05. The van der Waals surface area contributed by atoms with Crippen molar-refractivity contribution in [1.82, 2.24) is 14.5 Å². The summed E-state index contributed by atoms with van der Waals surface area (Å²) >= 11 is 1.45. The number of aliphatic hydroxyl groups is 1. The van der Waals surface area contributed by atoms with E-state index in [1.165, 1.54) is 11.3 Å². The average Bonchev–Trinajstić information content (AvgIpc) is 3.22. The molecular formula is C18H23N3O2S. The Morgan fingerprint density at radius 1 is 1.33 bits per heavy atom. The van der Waals surface area contributed by atoms with E-state index in [0.29, 0.717) is 19.5 Å². The minimum absolute atomic E-state index is 0.0658. The lowest BCUT2D eigenvalue weighted by Crippen LogP contribution is -2.54. The third-order valence-corrected chi connectivity index (χ3v) is 6.68. The standard InChI is InChI=1S/C18H23N3O2S/c1-13-15(24-17(19-13)20-9-4-5-10-20)16(22)21-11-8-18(23)7-3-2-6-14(18)12-21/h4-5,9-10,14,23H,2-3,6-8,11-12H2,1H3/t14-,18+/m1/s1. The number of likely N-dealkylation sites (tertiary alicyclic amines) is 1. The number of rotatable bonds is 2. The molecule has 5 nitrogen and oxygen atoms in total. The highest BCUT2D eigenvalue weighted by Crippen LogP contribution is 2.40. The minimum Gasteiger partial charge on any atom is -0.389 e. The molecule has 1 aliphatic carbocycles. The van der Waals surface area contributed by atoms with Gasteiger partial charge in [0, 0.05) is 31.4 Å². The van der Waals surface area contributed by atoms with Crippen molar-refractivity contribution < 1.29 is 9.90 Å². The predicted octanol–water partition coefficient (Wildman–Crippen LogP) is 3.01. The molecule has 1 N–H and O–H groups in total. The summed E-state index contributed by atoms with van der Waals surface area (Å²) in [6.07, 6.45) is 8.76. The van der Waals surface area contributed by atoms with E-state index in [1.807, 2.05) is 40.9 Å². The van der Waals surface area contributed by atoms with Crippen LogP contribution in [0.3, 0.4) is 0 Å². The van der Waals surface area contributed by atoms with Crippen LogP contribution in [0, 0.1) is 12.8 Å². The highest BCUT2D eigenvalue weighted by atomic mass is 32.1. The van der Waals surface area contributed by atoms with Crippen LogP contribution in [-0.2, 0) is 0 Å². The van der Waals surface area contributed by atoms with Crippen LogP contribution in [0.25, 0.3) is 5.13 Å². The molecule has 0 bridgehead atoms. The molecule has 1 aliphatic heterocycles. The maximum atomic E-state index is 13.0. The molecular weight excluding hydrogens is 322 g/mol. The Balaban J connectivity index is 1.54. The molecule has 0 aromatic carbocycles. The van der Waals surface area contributed by atoms with Gasteiger partial charge in [-0.05, 0) is 38.3 Å². The first-order valence-corrected chi connectivity index (χ1v) is 9.51. The van der Waals surface area contributed by atoms with E-state index >= 15 is 0 Å². The van der Waals surface area contributed by atoms with Crippen LogP contribution < -0.4 is 0 Å². The molecule has 4 rings (SSSR count). The largest absolute Gasteiger partial charge is 0.389 e. The van der Waals surface area contributed by atoms with E-state index in [2.05, 4.69) is 4.98 Å². The van der Waals surface area contributed by atoms with E-state index in [0.717, 1.165) is 41.4 Å². The zero-order chi connectivity index (χ0) is 16.7. The Kier molecular flexibility index (Phi) is 3.96. The second-order valence-electron chi connectivity index (χ2n) is 7.05. The van der Waals surface area contributed by atoms with Gasteiger partial charge >= 0.3 is 0 Å². The first-order valence-electron chi connectivity index (χ1n) is 8.69. The third-order valence-electron chi connectivity index (χ3n) is 5.52. The molecule has 2 fully saturated rings. The summed E-state index contributed by atoms with van der Waals surface area (Å²) in [5.74, 6) is 0.289. The van der Waals surface area contributed by atoms with E-state index in [4.69, 9.17) is 0 Å². The normalized spacial score (nSPS) is 27.1. The zero-order valence-electron chi connectivity index (χ0n) is 13.9. The quantitative estimate of drug-likeness (QED) is 0.910. The number of fused-ring (bicyclic) bond motifs is 1. The Morgan fingerprint density at radius 2 is 2.12 bits per heavy atom. The van der Waals surface area contributed by atoms with Crippen LogP contribution in [0.4, 0.5) is 0 Å². The molecule has 1 saturated carbocycles. The molecule has 2 aromatic heterocycles. The molecule has 2 aliphatic rings. The fraction of sp³-hybridized carbons (Fsp3) is 0.556. The first-order chi connectivity index (χ1) is 11.6. The number of carbonyl (C=O) groups excluding carboxylic acids is 1. The number of carbonyl (C=O) groups is 1. The van der Waals surface area contributed by atoms with Crippen molar-refractivity contribution in [2.24, 2.45) is 5.92 Å².